The van der Waals surface area contributed by atoms with E-state index in [2.05, 4.69) is 10.3 Å². The third-order valence-corrected chi connectivity index (χ3v) is 4.74. The van der Waals surface area contributed by atoms with Gasteiger partial charge >= 0.3 is 0 Å². The molecule has 0 bridgehead atoms. The Morgan fingerprint density at radius 1 is 0.741 bits per heavy atom. The van der Waals surface area contributed by atoms with Crippen LogP contribution in [0.15, 0.2) is 72.8 Å². The van der Waals surface area contributed by atoms with Crippen molar-refractivity contribution in [1.29, 1.82) is 0 Å². The lowest BCUT2D eigenvalue weighted by atomic mass is 10.1. The number of hydrogen-bond acceptors (Lipinski definition) is 4. The number of benzene rings is 3. The minimum absolute atomic E-state index is 0.286. The third kappa shape index (κ3) is 2.42. The third-order valence-electron chi connectivity index (χ3n) is 4.74. The minimum atomic E-state index is -0.286. The molecule has 5 rings (SSSR count). The Hall–Kier alpha value is -3.80. The van der Waals surface area contributed by atoms with E-state index in [0.717, 1.165) is 16.6 Å². The molecule has 0 fully saturated rings. The summed E-state index contributed by atoms with van der Waals surface area (Å²) in [7, 11) is 0. The first kappa shape index (κ1) is 15.5. The Kier molecular flexibility index (Phi) is 3.36. The summed E-state index contributed by atoms with van der Waals surface area (Å²) in [5, 5.41) is 8.34. The number of carbonyl (C=O) groups excluding carboxylic acids is 2. The van der Waals surface area contributed by atoms with Crippen molar-refractivity contribution in [3.8, 4) is 0 Å². The first-order chi connectivity index (χ1) is 13.2. The van der Waals surface area contributed by atoms with Gasteiger partial charge in [0, 0.05) is 0 Å². The van der Waals surface area contributed by atoms with Crippen LogP contribution in [0.5, 0.6) is 0 Å². The number of fused-ring (bicyclic) bond motifs is 2. The summed E-state index contributed by atoms with van der Waals surface area (Å²) in [5.74, 6) is -0.573. The van der Waals surface area contributed by atoms with Gasteiger partial charge in [0.2, 0.25) is 0 Å². The number of nitrogens with zero attached hydrogens (tertiary/aromatic N) is 4. The van der Waals surface area contributed by atoms with Gasteiger partial charge in [0.15, 0.2) is 0 Å². The van der Waals surface area contributed by atoms with Crippen LogP contribution in [0, 0.1) is 0 Å². The van der Waals surface area contributed by atoms with Gasteiger partial charge in [-0.25, -0.2) is 9.58 Å². The second kappa shape index (κ2) is 5.88. The van der Waals surface area contributed by atoms with Gasteiger partial charge in [0.05, 0.1) is 28.9 Å². The molecule has 1 aliphatic rings. The van der Waals surface area contributed by atoms with Gasteiger partial charge in [-0.15, -0.1) is 5.10 Å². The van der Waals surface area contributed by atoms with Gasteiger partial charge in [-0.2, -0.15) is 0 Å². The highest BCUT2D eigenvalue weighted by Crippen LogP contribution is 2.28. The monoisotopic (exact) mass is 354 g/mol. The maximum atomic E-state index is 12.6. The first-order valence-corrected chi connectivity index (χ1v) is 8.57. The molecule has 27 heavy (non-hydrogen) atoms. The SMILES string of the molecule is O=C1c2ccccc2C(=O)N1c1ccc(Cn2nnc3ccccc32)cc1. The Labute approximate surface area is 154 Å². The molecule has 0 saturated heterocycles. The number of rotatable bonds is 3. The summed E-state index contributed by atoms with van der Waals surface area (Å²) in [6.45, 7) is 0.558. The van der Waals surface area contributed by atoms with E-state index in [-0.39, 0.29) is 11.8 Å². The smallest absolute Gasteiger partial charge is 0.266 e. The highest BCUT2D eigenvalue weighted by molar-refractivity contribution is 6.34. The lowest BCUT2D eigenvalue weighted by Crippen LogP contribution is -2.29. The zero-order valence-corrected chi connectivity index (χ0v) is 14.2. The average Bonchev–Trinajstić information content (AvgIpc) is 3.23. The Bertz CT molecular complexity index is 1160. The molecule has 0 radical (unpaired) electrons. The van der Waals surface area contributed by atoms with E-state index in [0.29, 0.717) is 23.4 Å². The topological polar surface area (TPSA) is 68.1 Å². The van der Waals surface area contributed by atoms with E-state index in [1.807, 2.05) is 41.1 Å². The molecule has 0 unspecified atom stereocenters. The van der Waals surface area contributed by atoms with Crippen molar-refractivity contribution in [3.05, 3.63) is 89.5 Å². The van der Waals surface area contributed by atoms with Crippen LogP contribution in [-0.2, 0) is 6.54 Å². The molecule has 0 saturated carbocycles. The van der Waals surface area contributed by atoms with Crippen LogP contribution < -0.4 is 4.90 Å². The largest absolute Gasteiger partial charge is 0.268 e. The molecule has 0 atom stereocenters. The van der Waals surface area contributed by atoms with Crippen molar-refractivity contribution in [2.45, 2.75) is 6.54 Å². The van der Waals surface area contributed by atoms with E-state index in [4.69, 9.17) is 0 Å². The molecular formula is C21H14N4O2. The molecule has 4 aromatic rings. The quantitative estimate of drug-likeness (QED) is 0.530. The maximum absolute atomic E-state index is 12.6. The van der Waals surface area contributed by atoms with Gasteiger partial charge in [0.1, 0.15) is 5.52 Å². The van der Waals surface area contributed by atoms with Gasteiger partial charge < -0.3 is 0 Å². The number of amides is 2. The number of anilines is 1. The van der Waals surface area contributed by atoms with Crippen LogP contribution in [0.1, 0.15) is 26.3 Å². The molecule has 6 nitrogen and oxygen atoms in total. The van der Waals surface area contributed by atoms with E-state index in [9.17, 15) is 9.59 Å². The number of carbonyl (C=O) groups is 2. The molecule has 0 spiro atoms. The van der Waals surface area contributed by atoms with E-state index in [1.54, 1.807) is 36.4 Å². The van der Waals surface area contributed by atoms with Crippen LogP contribution >= 0.6 is 0 Å². The summed E-state index contributed by atoms with van der Waals surface area (Å²) in [5.41, 5.74) is 4.27. The summed E-state index contributed by atoms with van der Waals surface area (Å²) in [4.78, 5) is 26.4. The van der Waals surface area contributed by atoms with Gasteiger partial charge in [0.25, 0.3) is 11.8 Å². The molecule has 1 aliphatic heterocycles. The molecule has 0 N–H and O–H groups in total. The lowest BCUT2D eigenvalue weighted by molar-refractivity contribution is 0.0926. The molecular weight excluding hydrogens is 340 g/mol. The van der Waals surface area contributed by atoms with Crippen LogP contribution in [0.2, 0.25) is 0 Å². The van der Waals surface area contributed by atoms with Crippen LogP contribution in [0.3, 0.4) is 0 Å². The molecule has 2 heterocycles. The standard InChI is InChI=1S/C21H14N4O2/c26-20-16-5-1-2-6-17(16)21(27)25(20)15-11-9-14(10-12-15)13-24-19-8-4-3-7-18(19)22-23-24/h1-12H,13H2. The van der Waals surface area contributed by atoms with Crippen LogP contribution in [0.4, 0.5) is 5.69 Å². The fourth-order valence-corrected chi connectivity index (χ4v) is 3.38. The van der Waals surface area contributed by atoms with Crippen molar-refractivity contribution in [2.75, 3.05) is 4.90 Å². The van der Waals surface area contributed by atoms with Crippen molar-refractivity contribution in [1.82, 2.24) is 15.0 Å². The number of aromatic nitrogens is 3. The Balaban J connectivity index is 1.43. The fraction of sp³-hybridized carbons (Fsp3) is 0.0476. The molecule has 2 amide bonds. The zero-order valence-electron chi connectivity index (χ0n) is 14.2. The predicted molar refractivity (Wildman–Crippen MR) is 101 cm³/mol. The van der Waals surface area contributed by atoms with Crippen molar-refractivity contribution >= 4 is 28.5 Å². The van der Waals surface area contributed by atoms with Gasteiger partial charge in [-0.05, 0) is 42.0 Å². The Morgan fingerprint density at radius 3 is 2.07 bits per heavy atom. The predicted octanol–water partition coefficient (Wildman–Crippen LogP) is 3.28. The summed E-state index contributed by atoms with van der Waals surface area (Å²) in [6.07, 6.45) is 0. The molecule has 130 valence electrons. The Morgan fingerprint density at radius 2 is 1.37 bits per heavy atom. The fourth-order valence-electron chi connectivity index (χ4n) is 3.38. The number of imide groups is 1. The summed E-state index contributed by atoms with van der Waals surface area (Å²) < 4.78 is 1.83. The average molecular weight is 354 g/mol. The minimum Gasteiger partial charge on any atom is -0.268 e. The maximum Gasteiger partial charge on any atom is 0.266 e. The van der Waals surface area contributed by atoms with E-state index >= 15 is 0 Å². The first-order valence-electron chi connectivity index (χ1n) is 8.57. The second-order valence-electron chi connectivity index (χ2n) is 6.39. The van der Waals surface area contributed by atoms with Crippen molar-refractivity contribution in [3.63, 3.8) is 0 Å². The molecule has 0 aliphatic carbocycles. The van der Waals surface area contributed by atoms with Gasteiger partial charge in [-0.3, -0.25) is 9.59 Å². The highest BCUT2D eigenvalue weighted by Gasteiger charge is 2.36. The summed E-state index contributed by atoms with van der Waals surface area (Å²) >= 11 is 0. The van der Waals surface area contributed by atoms with E-state index < -0.39 is 0 Å². The van der Waals surface area contributed by atoms with Crippen LogP contribution in [-0.4, -0.2) is 26.8 Å². The number of para-hydroxylation sites is 1. The molecule has 6 heteroatoms. The van der Waals surface area contributed by atoms with Gasteiger partial charge in [-0.1, -0.05) is 41.6 Å². The van der Waals surface area contributed by atoms with Crippen molar-refractivity contribution in [2.24, 2.45) is 0 Å². The van der Waals surface area contributed by atoms with Crippen molar-refractivity contribution < 1.29 is 9.59 Å². The highest BCUT2D eigenvalue weighted by atomic mass is 16.2. The normalized spacial score (nSPS) is 13.4. The second-order valence-corrected chi connectivity index (χ2v) is 6.39. The van der Waals surface area contributed by atoms with Crippen LogP contribution in [0.25, 0.3) is 11.0 Å². The lowest BCUT2D eigenvalue weighted by Gasteiger charge is -2.14. The zero-order chi connectivity index (χ0) is 18.4. The summed E-state index contributed by atoms with van der Waals surface area (Å²) in [6, 6.07) is 22.0. The molecule has 1 aromatic heterocycles. The van der Waals surface area contributed by atoms with E-state index in [1.165, 1.54) is 4.90 Å². The number of hydrogen-bond donors (Lipinski definition) is 0. The molecule has 3 aromatic carbocycles.